The number of esters is 2. The van der Waals surface area contributed by atoms with Crippen molar-refractivity contribution in [3.63, 3.8) is 0 Å². The molecule has 0 fully saturated rings. The Kier molecular flexibility index (Phi) is 5.21. The first-order valence-electron chi connectivity index (χ1n) is 7.11. The highest BCUT2D eigenvalue weighted by molar-refractivity contribution is 6.08. The predicted octanol–water partition coefficient (Wildman–Crippen LogP) is 2.38. The molecule has 0 amide bonds. The first kappa shape index (κ1) is 17.1. The summed E-state index contributed by atoms with van der Waals surface area (Å²) in [7, 11) is 2.59. The summed E-state index contributed by atoms with van der Waals surface area (Å²) in [5.74, 6) is -0.988. The second-order valence-electron chi connectivity index (χ2n) is 4.91. The summed E-state index contributed by atoms with van der Waals surface area (Å²) in [5.41, 5.74) is 14.1. The maximum Gasteiger partial charge on any atom is 0.330 e. The van der Waals surface area contributed by atoms with Crippen LogP contribution in [-0.4, -0.2) is 26.2 Å². The number of nitrogens with two attached hydrogens (primary N) is 2. The van der Waals surface area contributed by atoms with Crippen molar-refractivity contribution in [2.24, 2.45) is 0 Å². The Balaban J connectivity index is 2.69. The normalized spacial score (nSPS) is 11.2. The van der Waals surface area contributed by atoms with Gasteiger partial charge in [-0.3, -0.25) is 0 Å². The lowest BCUT2D eigenvalue weighted by Gasteiger charge is -2.14. The van der Waals surface area contributed by atoms with E-state index in [1.54, 1.807) is 12.2 Å². The molecule has 0 saturated carbocycles. The van der Waals surface area contributed by atoms with Crippen LogP contribution in [0.25, 0.3) is 22.9 Å². The molecule has 0 aliphatic heterocycles. The van der Waals surface area contributed by atoms with Crippen molar-refractivity contribution in [2.75, 3.05) is 25.7 Å². The zero-order chi connectivity index (χ0) is 17.7. The highest BCUT2D eigenvalue weighted by Crippen LogP contribution is 2.36. The molecule has 0 unspecified atom stereocenters. The molecule has 2 aromatic carbocycles. The van der Waals surface area contributed by atoms with Crippen LogP contribution in [0.3, 0.4) is 0 Å². The molecule has 0 saturated heterocycles. The Morgan fingerprint density at radius 3 is 1.54 bits per heavy atom. The summed E-state index contributed by atoms with van der Waals surface area (Å²) in [6, 6.07) is 7.41. The molecule has 24 heavy (non-hydrogen) atoms. The standard InChI is InChI=1S/C18H18N2O4/c1-23-15(21)9-7-13-11-5-3-4-6-12(11)14(18(20)17(13)19)8-10-16(22)24-2/h3-10H,19-20H2,1-2H3/b9-7+,10-8+. The monoisotopic (exact) mass is 326 g/mol. The van der Waals surface area contributed by atoms with Gasteiger partial charge in [0.05, 0.1) is 25.6 Å². The minimum absolute atomic E-state index is 0.318. The molecule has 0 aliphatic carbocycles. The van der Waals surface area contributed by atoms with Crippen LogP contribution in [0.4, 0.5) is 11.4 Å². The molecule has 0 bridgehead atoms. The Bertz CT molecular complexity index is 783. The van der Waals surface area contributed by atoms with E-state index in [0.717, 1.165) is 10.8 Å². The molecule has 0 heterocycles. The van der Waals surface area contributed by atoms with Crippen molar-refractivity contribution in [1.82, 2.24) is 0 Å². The van der Waals surface area contributed by atoms with E-state index in [9.17, 15) is 9.59 Å². The van der Waals surface area contributed by atoms with Gasteiger partial charge in [0.15, 0.2) is 0 Å². The summed E-state index contributed by atoms with van der Waals surface area (Å²) in [4.78, 5) is 22.7. The van der Waals surface area contributed by atoms with Crippen LogP contribution < -0.4 is 11.5 Å². The van der Waals surface area contributed by atoms with E-state index >= 15 is 0 Å². The van der Waals surface area contributed by atoms with Gasteiger partial charge in [0, 0.05) is 23.3 Å². The van der Waals surface area contributed by atoms with E-state index in [1.807, 2.05) is 24.3 Å². The molecular weight excluding hydrogens is 308 g/mol. The molecule has 0 spiro atoms. The molecular formula is C18H18N2O4. The number of ether oxygens (including phenoxy) is 2. The maximum atomic E-state index is 11.4. The molecule has 0 atom stereocenters. The third-order valence-electron chi connectivity index (χ3n) is 3.55. The molecule has 6 nitrogen and oxygen atoms in total. The van der Waals surface area contributed by atoms with Crippen LogP contribution in [0.1, 0.15) is 11.1 Å². The number of methoxy groups -OCH3 is 2. The summed E-state index contributed by atoms with van der Waals surface area (Å²) in [5, 5.41) is 1.60. The second-order valence-corrected chi connectivity index (χ2v) is 4.91. The summed E-state index contributed by atoms with van der Waals surface area (Å²) in [6.45, 7) is 0. The van der Waals surface area contributed by atoms with Gasteiger partial charge in [0.1, 0.15) is 0 Å². The Morgan fingerprint density at radius 2 is 1.21 bits per heavy atom. The summed E-state index contributed by atoms with van der Waals surface area (Å²) in [6.07, 6.45) is 5.68. The van der Waals surface area contributed by atoms with Crippen LogP contribution in [0.15, 0.2) is 36.4 Å². The minimum Gasteiger partial charge on any atom is -0.466 e. The molecule has 0 aliphatic rings. The lowest BCUT2D eigenvalue weighted by Crippen LogP contribution is -2.03. The van der Waals surface area contributed by atoms with Gasteiger partial charge in [0.25, 0.3) is 0 Å². The van der Waals surface area contributed by atoms with Crippen molar-refractivity contribution in [3.05, 3.63) is 47.5 Å². The largest absolute Gasteiger partial charge is 0.466 e. The molecule has 2 rings (SSSR count). The van der Waals surface area contributed by atoms with Crippen molar-refractivity contribution in [2.45, 2.75) is 0 Å². The predicted molar refractivity (Wildman–Crippen MR) is 94.9 cm³/mol. The Labute approximate surface area is 139 Å². The lowest BCUT2D eigenvalue weighted by atomic mass is 9.95. The van der Waals surface area contributed by atoms with Crippen molar-refractivity contribution in [1.29, 1.82) is 0 Å². The van der Waals surface area contributed by atoms with Gasteiger partial charge in [-0.15, -0.1) is 0 Å². The second kappa shape index (κ2) is 7.32. The van der Waals surface area contributed by atoms with Gasteiger partial charge in [-0.25, -0.2) is 9.59 Å². The fraction of sp³-hybridized carbons (Fsp3) is 0.111. The fourth-order valence-corrected chi connectivity index (χ4v) is 2.33. The zero-order valence-electron chi connectivity index (χ0n) is 13.4. The van der Waals surface area contributed by atoms with E-state index in [2.05, 4.69) is 9.47 Å². The van der Waals surface area contributed by atoms with Crippen molar-refractivity contribution < 1.29 is 19.1 Å². The summed E-state index contributed by atoms with van der Waals surface area (Å²) >= 11 is 0. The van der Waals surface area contributed by atoms with E-state index < -0.39 is 11.9 Å². The average molecular weight is 326 g/mol. The van der Waals surface area contributed by atoms with Crippen LogP contribution >= 0.6 is 0 Å². The van der Waals surface area contributed by atoms with E-state index in [4.69, 9.17) is 11.5 Å². The zero-order valence-corrected chi connectivity index (χ0v) is 13.4. The number of fused-ring (bicyclic) bond motifs is 1. The third kappa shape index (κ3) is 3.38. The minimum atomic E-state index is -0.494. The SMILES string of the molecule is COC(=O)/C=C/c1c(N)c(N)c(/C=C/C(=O)OC)c2ccccc12. The van der Waals surface area contributed by atoms with Crippen LogP contribution in [0.2, 0.25) is 0 Å². The average Bonchev–Trinajstić information content (AvgIpc) is 2.61. The molecule has 2 aromatic rings. The Hall–Kier alpha value is -3.28. The topological polar surface area (TPSA) is 105 Å². The molecule has 0 aromatic heterocycles. The summed E-state index contributed by atoms with van der Waals surface area (Å²) < 4.78 is 9.19. The molecule has 4 N–H and O–H groups in total. The highest BCUT2D eigenvalue weighted by atomic mass is 16.5. The maximum absolute atomic E-state index is 11.4. The smallest absolute Gasteiger partial charge is 0.330 e. The van der Waals surface area contributed by atoms with E-state index in [0.29, 0.717) is 22.5 Å². The number of hydrogen-bond donors (Lipinski definition) is 2. The number of carbonyl (C=O) groups excluding carboxylic acids is 2. The Morgan fingerprint density at radius 1 is 0.833 bits per heavy atom. The number of hydrogen-bond acceptors (Lipinski definition) is 6. The number of carbonyl (C=O) groups is 2. The number of benzene rings is 2. The van der Waals surface area contributed by atoms with Crippen LogP contribution in [-0.2, 0) is 19.1 Å². The fourth-order valence-electron chi connectivity index (χ4n) is 2.33. The van der Waals surface area contributed by atoms with Crippen LogP contribution in [0.5, 0.6) is 0 Å². The van der Waals surface area contributed by atoms with Gasteiger partial charge in [-0.2, -0.15) is 0 Å². The van der Waals surface area contributed by atoms with Crippen molar-refractivity contribution in [3.8, 4) is 0 Å². The van der Waals surface area contributed by atoms with E-state index in [-0.39, 0.29) is 0 Å². The van der Waals surface area contributed by atoms with Gasteiger partial charge < -0.3 is 20.9 Å². The van der Waals surface area contributed by atoms with Gasteiger partial charge >= 0.3 is 11.9 Å². The molecule has 124 valence electrons. The third-order valence-corrected chi connectivity index (χ3v) is 3.55. The lowest BCUT2D eigenvalue weighted by molar-refractivity contribution is -0.135. The quantitative estimate of drug-likeness (QED) is 0.508. The van der Waals surface area contributed by atoms with E-state index in [1.165, 1.54) is 26.4 Å². The first-order chi connectivity index (χ1) is 11.5. The van der Waals surface area contributed by atoms with Gasteiger partial charge in [-0.1, -0.05) is 24.3 Å². The van der Waals surface area contributed by atoms with Crippen molar-refractivity contribution >= 4 is 46.2 Å². The number of rotatable bonds is 4. The first-order valence-corrected chi connectivity index (χ1v) is 7.11. The van der Waals surface area contributed by atoms with Gasteiger partial charge in [-0.05, 0) is 22.9 Å². The molecule has 6 heteroatoms. The van der Waals surface area contributed by atoms with Gasteiger partial charge in [0.2, 0.25) is 0 Å². The molecule has 0 radical (unpaired) electrons. The number of anilines is 2. The number of nitrogen functional groups attached to an aromatic ring is 2. The highest BCUT2D eigenvalue weighted by Gasteiger charge is 2.13. The van der Waals surface area contributed by atoms with Crippen LogP contribution in [0, 0.1) is 0 Å².